The molecule has 0 aliphatic carbocycles. The van der Waals surface area contributed by atoms with Crippen molar-refractivity contribution in [3.05, 3.63) is 130 Å². The first-order valence-corrected chi connectivity index (χ1v) is 24.1. The molecule has 8 heterocycles. The van der Waals surface area contributed by atoms with Gasteiger partial charge in [-0.1, -0.05) is 42.5 Å². The fourth-order valence-corrected chi connectivity index (χ4v) is 9.98. The highest BCUT2D eigenvalue weighted by molar-refractivity contribution is 8.18. The summed E-state index contributed by atoms with van der Waals surface area (Å²) in [4.78, 5) is 78.6. The molecule has 4 aromatic heterocycles. The molecule has 67 heavy (non-hydrogen) atoms. The minimum Gasteiger partial charge on any atom is -0.341 e. The predicted molar refractivity (Wildman–Crippen MR) is 264 cm³/mol. The van der Waals surface area contributed by atoms with Gasteiger partial charge in [-0.15, -0.1) is 0 Å². The Morgan fingerprint density at radius 2 is 1.15 bits per heavy atom. The molecular formula is C49H50N12O4S2. The maximum atomic E-state index is 11.8. The summed E-state index contributed by atoms with van der Waals surface area (Å²) in [6.45, 7) is 9.09. The van der Waals surface area contributed by atoms with Crippen LogP contribution in [-0.4, -0.2) is 91.5 Å². The van der Waals surface area contributed by atoms with E-state index in [1.165, 1.54) is 21.7 Å². The molecule has 10 rings (SSSR count). The number of thioether (sulfide) groups is 2. The maximum absolute atomic E-state index is 11.8. The number of amides is 4. The monoisotopic (exact) mass is 934 g/mol. The van der Waals surface area contributed by atoms with E-state index in [0.29, 0.717) is 44.9 Å². The van der Waals surface area contributed by atoms with Crippen LogP contribution in [0.1, 0.15) is 54.0 Å². The SMILES string of the molecule is Cc1cc(CNCC2CCN(c3nccc(/C=C4\SC(=O)NC4=O)n3)CC2)c2ccccc2n1.O=C1NC(=O)/C(=C/c2ccnc(N3CCC(CNCc4nccc5ccccc45)CC3)n2)S1. The van der Waals surface area contributed by atoms with Crippen molar-refractivity contribution in [2.75, 3.05) is 49.1 Å². The number of hydrogen-bond acceptors (Lipinski definition) is 16. The zero-order valence-corrected chi connectivity index (χ0v) is 38.6. The summed E-state index contributed by atoms with van der Waals surface area (Å²) in [7, 11) is 0. The van der Waals surface area contributed by atoms with Crippen LogP contribution in [0.15, 0.2) is 101 Å². The van der Waals surface area contributed by atoms with E-state index in [1.807, 2.05) is 25.3 Å². The van der Waals surface area contributed by atoms with E-state index in [0.717, 1.165) is 118 Å². The van der Waals surface area contributed by atoms with Crippen LogP contribution in [0.3, 0.4) is 0 Å². The largest absolute Gasteiger partial charge is 0.341 e. The highest BCUT2D eigenvalue weighted by Gasteiger charge is 2.27. The van der Waals surface area contributed by atoms with Crippen molar-refractivity contribution in [1.82, 2.24) is 51.2 Å². The first-order chi connectivity index (χ1) is 32.7. The number of nitrogens with one attached hydrogen (secondary N) is 4. The first-order valence-electron chi connectivity index (χ1n) is 22.5. The Kier molecular flexibility index (Phi) is 14.5. The van der Waals surface area contributed by atoms with Gasteiger partial charge in [0.15, 0.2) is 0 Å². The Bertz CT molecular complexity index is 2870. The smallest absolute Gasteiger partial charge is 0.290 e. The molecule has 4 N–H and O–H groups in total. The number of hydrogen-bond donors (Lipinski definition) is 4. The van der Waals surface area contributed by atoms with Crippen molar-refractivity contribution in [3.63, 3.8) is 0 Å². The third-order valence-electron chi connectivity index (χ3n) is 12.1. The molecule has 18 heteroatoms. The predicted octanol–water partition coefficient (Wildman–Crippen LogP) is 7.02. The molecule has 0 radical (unpaired) electrons. The molecular weight excluding hydrogens is 885 g/mol. The van der Waals surface area contributed by atoms with Crippen molar-refractivity contribution in [2.24, 2.45) is 11.8 Å². The van der Waals surface area contributed by atoms with Crippen LogP contribution in [0, 0.1) is 18.8 Å². The number of anilines is 2. The molecule has 342 valence electrons. The van der Waals surface area contributed by atoms with Crippen LogP contribution >= 0.6 is 23.5 Å². The summed E-state index contributed by atoms with van der Waals surface area (Å²) in [6, 6.07) is 24.3. The Morgan fingerprint density at radius 3 is 1.72 bits per heavy atom. The second kappa shape index (κ2) is 21.4. The number of rotatable bonds is 12. The number of nitrogens with zero attached hydrogens (tertiary/aromatic N) is 8. The lowest BCUT2D eigenvalue weighted by molar-refractivity contribution is -0.116. The summed E-state index contributed by atoms with van der Waals surface area (Å²) in [6.07, 6.45) is 12.8. The molecule has 0 atom stereocenters. The molecule has 4 saturated heterocycles. The van der Waals surface area contributed by atoms with Crippen molar-refractivity contribution in [1.29, 1.82) is 0 Å². The van der Waals surface area contributed by atoms with Gasteiger partial charge in [0.05, 0.1) is 32.4 Å². The second-order valence-electron chi connectivity index (χ2n) is 16.8. The van der Waals surface area contributed by atoms with Gasteiger partial charge in [-0.25, -0.2) is 19.9 Å². The lowest BCUT2D eigenvalue weighted by atomic mass is 9.97. The normalized spacial score (nSPS) is 18.2. The zero-order valence-electron chi connectivity index (χ0n) is 37.0. The van der Waals surface area contributed by atoms with Gasteiger partial charge < -0.3 is 20.4 Å². The number of pyridine rings is 2. The number of carbonyl (C=O) groups excluding carboxylic acids is 4. The van der Waals surface area contributed by atoms with Crippen LogP contribution < -0.4 is 31.1 Å². The standard InChI is InChI=1S/C25H26N6O2S.C24H24N6O2S/c1-16-12-18(20-4-2-3-5-21(20)28-16)15-26-14-17-7-10-31(11-8-17)24-27-9-6-19(29-24)13-22-23(32)30-25(33)34-22;31-22-21(33-24(32)29-22)13-18-6-10-27-23(28-18)30-11-7-16(8-12-30)14-25-15-20-19-4-2-1-3-17(19)5-9-26-20/h2-6,9,12-13,17,26H,7-8,10-11,14-15H2,1H3,(H,30,32,33);1-6,9-10,13,16,25H,7-8,11-12,14-15H2,(H,29,31,32)/b22-13-;21-13-. The number of fused-ring (bicyclic) bond motifs is 2. The van der Waals surface area contributed by atoms with E-state index < -0.39 is 0 Å². The zero-order chi connectivity index (χ0) is 46.1. The topological polar surface area (TPSA) is 200 Å². The summed E-state index contributed by atoms with van der Waals surface area (Å²) in [5.74, 6) is 1.75. The van der Waals surface area contributed by atoms with E-state index in [2.05, 4.69) is 110 Å². The number of aryl methyl sites for hydroxylation is 1. The molecule has 0 unspecified atom stereocenters. The van der Waals surface area contributed by atoms with Crippen LogP contribution in [-0.2, 0) is 22.7 Å². The molecule has 0 saturated carbocycles. The average molecular weight is 935 g/mol. The number of aromatic nitrogens is 6. The summed E-state index contributed by atoms with van der Waals surface area (Å²) in [5, 5.41) is 14.7. The number of imide groups is 2. The summed E-state index contributed by atoms with van der Waals surface area (Å²) < 4.78 is 0. The lowest BCUT2D eigenvalue weighted by Crippen LogP contribution is -2.38. The van der Waals surface area contributed by atoms with Gasteiger partial charge in [0.1, 0.15) is 0 Å². The minimum atomic E-state index is -0.378. The Hall–Kier alpha value is -6.60. The van der Waals surface area contributed by atoms with Gasteiger partial charge in [-0.3, -0.25) is 39.8 Å². The highest BCUT2D eigenvalue weighted by Crippen LogP contribution is 2.28. The Balaban J connectivity index is 0.000000168. The Morgan fingerprint density at radius 1 is 0.627 bits per heavy atom. The number of piperidine rings is 2. The molecule has 0 spiro atoms. The van der Waals surface area contributed by atoms with Crippen LogP contribution in [0.4, 0.5) is 21.5 Å². The number of benzene rings is 2. The lowest BCUT2D eigenvalue weighted by Gasteiger charge is -2.32. The van der Waals surface area contributed by atoms with Crippen molar-refractivity contribution >= 4 is 91.5 Å². The van der Waals surface area contributed by atoms with Crippen LogP contribution in [0.25, 0.3) is 33.8 Å². The number of para-hydroxylation sites is 1. The molecule has 4 aliphatic heterocycles. The average Bonchev–Trinajstić information content (AvgIpc) is 3.84. The van der Waals surface area contributed by atoms with Crippen molar-refractivity contribution in [3.8, 4) is 0 Å². The van der Waals surface area contributed by atoms with Crippen molar-refractivity contribution in [2.45, 2.75) is 45.7 Å². The van der Waals surface area contributed by atoms with Crippen molar-refractivity contribution < 1.29 is 19.2 Å². The van der Waals surface area contributed by atoms with Gasteiger partial charge >= 0.3 is 0 Å². The molecule has 4 aliphatic rings. The van der Waals surface area contributed by atoms with E-state index in [-0.39, 0.29) is 22.3 Å². The molecule has 4 amide bonds. The first kappa shape index (κ1) is 45.6. The number of carbonyl (C=O) groups is 4. The fraction of sp³-hybridized carbons (Fsp3) is 0.306. The van der Waals surface area contributed by atoms with Gasteiger partial charge in [0.25, 0.3) is 22.3 Å². The van der Waals surface area contributed by atoms with E-state index >= 15 is 0 Å². The molecule has 16 nitrogen and oxygen atoms in total. The van der Waals surface area contributed by atoms with Gasteiger partial charge in [-0.2, -0.15) is 0 Å². The highest BCUT2D eigenvalue weighted by atomic mass is 32.2. The quantitative estimate of drug-likeness (QED) is 0.0912. The summed E-state index contributed by atoms with van der Waals surface area (Å²) in [5.41, 5.74) is 5.71. The van der Waals surface area contributed by atoms with Gasteiger partial charge in [-0.05, 0) is 134 Å². The summed E-state index contributed by atoms with van der Waals surface area (Å²) >= 11 is 1.79. The van der Waals surface area contributed by atoms with E-state index in [4.69, 9.17) is 0 Å². The molecule has 0 bridgehead atoms. The van der Waals surface area contributed by atoms with Gasteiger partial charge in [0.2, 0.25) is 11.9 Å². The fourth-order valence-electron chi connectivity index (χ4n) is 8.64. The molecule has 6 aromatic rings. The third-order valence-corrected chi connectivity index (χ3v) is 13.7. The third kappa shape index (κ3) is 11.7. The minimum absolute atomic E-state index is 0.353. The molecule has 2 aromatic carbocycles. The van der Waals surface area contributed by atoms with E-state index in [9.17, 15) is 19.2 Å². The van der Waals surface area contributed by atoms with E-state index in [1.54, 1.807) is 36.7 Å². The maximum Gasteiger partial charge on any atom is 0.290 e. The van der Waals surface area contributed by atoms with Gasteiger partial charge in [0, 0.05) is 74.3 Å². The van der Waals surface area contributed by atoms with Crippen LogP contribution in [0.5, 0.6) is 0 Å². The Labute approximate surface area is 396 Å². The molecule has 4 fully saturated rings. The van der Waals surface area contributed by atoms with Crippen LogP contribution in [0.2, 0.25) is 0 Å². The second-order valence-corrected chi connectivity index (χ2v) is 18.8.